The summed E-state index contributed by atoms with van der Waals surface area (Å²) in [4.78, 5) is 15.5. The van der Waals surface area contributed by atoms with Gasteiger partial charge in [-0.25, -0.2) is 4.98 Å². The summed E-state index contributed by atoms with van der Waals surface area (Å²) in [5.41, 5.74) is 5.73. The summed E-state index contributed by atoms with van der Waals surface area (Å²) in [5, 5.41) is 9.35. The second kappa shape index (κ2) is 8.08. The van der Waals surface area contributed by atoms with E-state index in [4.69, 9.17) is 5.73 Å². The summed E-state index contributed by atoms with van der Waals surface area (Å²) in [5.74, 6) is 1.68. The van der Waals surface area contributed by atoms with E-state index in [0.29, 0.717) is 6.54 Å². The Balaban J connectivity index is 2.07. The molecule has 1 atom stereocenters. The molecule has 0 radical (unpaired) electrons. The van der Waals surface area contributed by atoms with Crippen LogP contribution in [0.25, 0.3) is 0 Å². The number of carbonyl (C=O) groups is 1. The van der Waals surface area contributed by atoms with Gasteiger partial charge in [-0.2, -0.15) is 16.9 Å². The lowest BCUT2D eigenvalue weighted by Crippen LogP contribution is -2.41. The zero-order valence-electron chi connectivity index (χ0n) is 9.98. The smallest absolute Gasteiger partial charge is 0.236 e. The Morgan fingerprint density at radius 3 is 3.18 bits per heavy atom. The van der Waals surface area contributed by atoms with E-state index in [1.165, 1.54) is 6.33 Å². The van der Waals surface area contributed by atoms with Crippen molar-refractivity contribution < 1.29 is 4.79 Å². The van der Waals surface area contributed by atoms with Gasteiger partial charge in [-0.15, -0.1) is 0 Å². The van der Waals surface area contributed by atoms with E-state index >= 15 is 0 Å². The number of nitrogens with two attached hydrogens (primary N) is 1. The molecule has 0 saturated heterocycles. The molecule has 0 bridgehead atoms. The highest BCUT2D eigenvalue weighted by Crippen LogP contribution is 1.98. The molecule has 0 aliphatic rings. The lowest BCUT2D eigenvalue weighted by atomic mass is 10.2. The maximum atomic E-state index is 11.5. The zero-order valence-corrected chi connectivity index (χ0v) is 10.8. The molecule has 6 nitrogen and oxygen atoms in total. The number of hydrogen-bond donors (Lipinski definition) is 3. The van der Waals surface area contributed by atoms with E-state index in [9.17, 15) is 4.79 Å². The number of aromatic amines is 1. The molecule has 17 heavy (non-hydrogen) atoms. The largest absolute Gasteiger partial charge is 0.355 e. The maximum Gasteiger partial charge on any atom is 0.236 e. The average Bonchev–Trinajstić information content (AvgIpc) is 2.84. The molecule has 1 rings (SSSR count). The maximum absolute atomic E-state index is 11.5. The minimum Gasteiger partial charge on any atom is -0.355 e. The first-order chi connectivity index (χ1) is 8.24. The summed E-state index contributed by atoms with van der Waals surface area (Å²) in [7, 11) is 0. The molecule has 0 aromatic carbocycles. The molecule has 0 spiro atoms. The van der Waals surface area contributed by atoms with E-state index in [1.807, 2.05) is 6.26 Å². The number of H-pyrrole nitrogens is 1. The molecule has 1 aromatic rings. The molecule has 1 aromatic heterocycles. The summed E-state index contributed by atoms with van der Waals surface area (Å²) < 4.78 is 0. The third-order valence-electron chi connectivity index (χ3n) is 2.32. The number of aromatic nitrogens is 3. The van der Waals surface area contributed by atoms with Gasteiger partial charge < -0.3 is 11.1 Å². The fourth-order valence-electron chi connectivity index (χ4n) is 1.33. The van der Waals surface area contributed by atoms with Gasteiger partial charge >= 0.3 is 0 Å². The number of amides is 1. The number of aryl methyl sites for hydroxylation is 1. The van der Waals surface area contributed by atoms with Crippen LogP contribution < -0.4 is 11.1 Å². The minimum absolute atomic E-state index is 0.0726. The first kappa shape index (κ1) is 14.0. The Bertz CT molecular complexity index is 317. The number of nitrogens with one attached hydrogen (secondary N) is 2. The number of thioether (sulfide) groups is 1. The Morgan fingerprint density at radius 1 is 1.71 bits per heavy atom. The molecule has 1 amide bonds. The quantitative estimate of drug-likeness (QED) is 0.567. The SMILES string of the molecule is CSCC[C@@H](N)C(=O)NCCCc1ncn[nH]1. The number of hydrogen-bond acceptors (Lipinski definition) is 5. The van der Waals surface area contributed by atoms with Crippen LogP contribution in [0.2, 0.25) is 0 Å². The van der Waals surface area contributed by atoms with Gasteiger partial charge in [0.05, 0.1) is 6.04 Å². The highest BCUT2D eigenvalue weighted by atomic mass is 32.2. The average molecular weight is 257 g/mol. The predicted molar refractivity (Wildman–Crippen MR) is 68.7 cm³/mol. The van der Waals surface area contributed by atoms with Crippen molar-refractivity contribution in [1.82, 2.24) is 20.5 Å². The molecule has 0 fully saturated rings. The Labute approximate surface area is 105 Å². The normalized spacial score (nSPS) is 12.4. The molecule has 7 heteroatoms. The highest BCUT2D eigenvalue weighted by Gasteiger charge is 2.11. The molecular formula is C10H19N5OS. The van der Waals surface area contributed by atoms with E-state index in [2.05, 4.69) is 20.5 Å². The molecule has 0 aliphatic heterocycles. The van der Waals surface area contributed by atoms with Gasteiger partial charge in [0.2, 0.25) is 5.91 Å². The molecular weight excluding hydrogens is 238 g/mol. The summed E-state index contributed by atoms with van der Waals surface area (Å²) in [6, 6.07) is -0.396. The third kappa shape index (κ3) is 5.69. The fraction of sp³-hybridized carbons (Fsp3) is 0.700. The number of carbonyl (C=O) groups excluding carboxylic acids is 1. The van der Waals surface area contributed by atoms with Gasteiger partial charge in [-0.05, 0) is 24.9 Å². The monoisotopic (exact) mass is 257 g/mol. The van der Waals surface area contributed by atoms with Crippen molar-refractivity contribution >= 4 is 17.7 Å². The fourth-order valence-corrected chi connectivity index (χ4v) is 1.82. The van der Waals surface area contributed by atoms with Crippen LogP contribution in [0.3, 0.4) is 0 Å². The van der Waals surface area contributed by atoms with Crippen LogP contribution >= 0.6 is 11.8 Å². The number of nitrogens with zero attached hydrogens (tertiary/aromatic N) is 2. The van der Waals surface area contributed by atoms with Crippen molar-refractivity contribution in [3.8, 4) is 0 Å². The Hall–Kier alpha value is -1.08. The van der Waals surface area contributed by atoms with Gasteiger partial charge in [0.15, 0.2) is 0 Å². The zero-order chi connectivity index (χ0) is 12.5. The standard InChI is InChI=1S/C10H19N5OS/c1-17-6-4-8(11)10(16)12-5-2-3-9-13-7-14-15-9/h7-8H,2-6,11H2,1H3,(H,12,16)(H,13,14,15)/t8-/m1/s1. The summed E-state index contributed by atoms with van der Waals surface area (Å²) >= 11 is 1.69. The first-order valence-electron chi connectivity index (χ1n) is 5.60. The molecule has 1 heterocycles. The molecule has 0 unspecified atom stereocenters. The van der Waals surface area contributed by atoms with E-state index in [-0.39, 0.29) is 5.91 Å². The van der Waals surface area contributed by atoms with Crippen LogP contribution in [-0.2, 0) is 11.2 Å². The minimum atomic E-state index is -0.396. The summed E-state index contributed by atoms with van der Waals surface area (Å²) in [6.45, 7) is 0.618. The first-order valence-corrected chi connectivity index (χ1v) is 7.00. The number of rotatable bonds is 8. The Kier molecular flexibility index (Phi) is 6.64. The summed E-state index contributed by atoms with van der Waals surface area (Å²) in [6.07, 6.45) is 5.81. The van der Waals surface area contributed by atoms with Crippen LogP contribution in [0.15, 0.2) is 6.33 Å². The molecule has 0 saturated carbocycles. The van der Waals surface area contributed by atoms with Crippen molar-refractivity contribution in [2.24, 2.45) is 5.73 Å². The lowest BCUT2D eigenvalue weighted by Gasteiger charge is -2.11. The van der Waals surface area contributed by atoms with Crippen LogP contribution in [0.1, 0.15) is 18.7 Å². The van der Waals surface area contributed by atoms with Crippen molar-refractivity contribution in [2.45, 2.75) is 25.3 Å². The van der Waals surface area contributed by atoms with Crippen LogP contribution in [0.5, 0.6) is 0 Å². The second-order valence-corrected chi connectivity index (χ2v) is 4.70. The highest BCUT2D eigenvalue weighted by molar-refractivity contribution is 7.98. The Morgan fingerprint density at radius 2 is 2.53 bits per heavy atom. The van der Waals surface area contributed by atoms with Gasteiger partial charge in [0.25, 0.3) is 0 Å². The van der Waals surface area contributed by atoms with E-state index < -0.39 is 6.04 Å². The predicted octanol–water partition coefficient (Wildman–Crippen LogP) is -0.0661. The van der Waals surface area contributed by atoms with Crippen LogP contribution in [0, 0.1) is 0 Å². The van der Waals surface area contributed by atoms with Crippen molar-refractivity contribution in [3.63, 3.8) is 0 Å². The topological polar surface area (TPSA) is 96.7 Å². The molecule has 0 aliphatic carbocycles. The third-order valence-corrected chi connectivity index (χ3v) is 2.97. The van der Waals surface area contributed by atoms with E-state index in [0.717, 1.165) is 30.8 Å². The van der Waals surface area contributed by atoms with Crippen molar-refractivity contribution in [1.29, 1.82) is 0 Å². The second-order valence-electron chi connectivity index (χ2n) is 3.71. The van der Waals surface area contributed by atoms with Gasteiger partial charge in [-0.1, -0.05) is 0 Å². The van der Waals surface area contributed by atoms with Gasteiger partial charge in [-0.3, -0.25) is 9.89 Å². The molecule has 96 valence electrons. The molecule has 4 N–H and O–H groups in total. The van der Waals surface area contributed by atoms with Gasteiger partial charge in [0.1, 0.15) is 12.2 Å². The van der Waals surface area contributed by atoms with Gasteiger partial charge in [0, 0.05) is 13.0 Å². The van der Waals surface area contributed by atoms with Crippen molar-refractivity contribution in [3.05, 3.63) is 12.2 Å². The van der Waals surface area contributed by atoms with E-state index in [1.54, 1.807) is 11.8 Å². The van der Waals surface area contributed by atoms with Crippen LogP contribution in [-0.4, -0.2) is 45.7 Å². The van der Waals surface area contributed by atoms with Crippen LogP contribution in [0.4, 0.5) is 0 Å². The van der Waals surface area contributed by atoms with Crippen molar-refractivity contribution in [2.75, 3.05) is 18.6 Å². The lowest BCUT2D eigenvalue weighted by molar-refractivity contribution is -0.122.